The first kappa shape index (κ1) is 20.1. The largest absolute Gasteiger partial charge is 0.450 e. The van der Waals surface area contributed by atoms with Crippen LogP contribution in [0.1, 0.15) is 16.1 Å². The quantitative estimate of drug-likeness (QED) is 0.443. The van der Waals surface area contributed by atoms with Crippen molar-refractivity contribution in [1.29, 1.82) is 0 Å². The van der Waals surface area contributed by atoms with Crippen molar-refractivity contribution >= 4 is 28.5 Å². The summed E-state index contributed by atoms with van der Waals surface area (Å²) in [6, 6.07) is 26.3. The second-order valence-corrected chi connectivity index (χ2v) is 6.85. The van der Waals surface area contributed by atoms with E-state index in [1.54, 1.807) is 29.2 Å². The van der Waals surface area contributed by atoms with E-state index in [-0.39, 0.29) is 16.8 Å². The molecule has 0 atom stereocenters. The summed E-state index contributed by atoms with van der Waals surface area (Å²) >= 11 is 0. The number of nitrogens with zero attached hydrogens (tertiary/aromatic N) is 1. The van der Waals surface area contributed by atoms with E-state index < -0.39 is 18.5 Å². The number of rotatable bonds is 6. The van der Waals surface area contributed by atoms with Gasteiger partial charge >= 0.3 is 5.97 Å². The van der Waals surface area contributed by atoms with Crippen LogP contribution in [-0.2, 0) is 16.1 Å². The van der Waals surface area contributed by atoms with Gasteiger partial charge in [0.2, 0.25) is 5.76 Å². The van der Waals surface area contributed by atoms with E-state index >= 15 is 0 Å². The monoisotopic (exact) mass is 413 g/mol. The Morgan fingerprint density at radius 2 is 1.48 bits per heavy atom. The highest BCUT2D eigenvalue weighted by Gasteiger charge is 2.20. The zero-order valence-corrected chi connectivity index (χ0v) is 16.6. The first-order valence-electron chi connectivity index (χ1n) is 9.71. The Labute approximate surface area is 178 Å². The highest BCUT2D eigenvalue weighted by molar-refractivity contribution is 5.96. The van der Waals surface area contributed by atoms with Gasteiger partial charge in [-0.15, -0.1) is 0 Å². The lowest BCUT2D eigenvalue weighted by Gasteiger charge is -2.23. The molecule has 0 fully saturated rings. The second kappa shape index (κ2) is 9.09. The summed E-state index contributed by atoms with van der Waals surface area (Å²) in [6.45, 7) is -0.163. The van der Waals surface area contributed by atoms with Crippen LogP contribution >= 0.6 is 0 Å². The van der Waals surface area contributed by atoms with Crippen LogP contribution in [0.2, 0.25) is 0 Å². The Bertz CT molecular complexity index is 1270. The number of carbonyl (C=O) groups excluding carboxylic acids is 2. The van der Waals surface area contributed by atoms with Crippen molar-refractivity contribution in [3.8, 4) is 0 Å². The lowest BCUT2D eigenvalue weighted by Crippen LogP contribution is -2.34. The minimum Gasteiger partial charge on any atom is -0.450 e. The molecule has 3 aromatic carbocycles. The van der Waals surface area contributed by atoms with Crippen molar-refractivity contribution in [1.82, 2.24) is 0 Å². The van der Waals surface area contributed by atoms with Crippen LogP contribution in [-0.4, -0.2) is 18.5 Å². The summed E-state index contributed by atoms with van der Waals surface area (Å²) in [6.07, 6.45) is 0. The number of benzene rings is 3. The first-order chi connectivity index (χ1) is 15.1. The first-order valence-corrected chi connectivity index (χ1v) is 9.71. The maximum absolute atomic E-state index is 12.9. The smallest absolute Gasteiger partial charge is 0.374 e. The van der Waals surface area contributed by atoms with Gasteiger partial charge < -0.3 is 14.1 Å². The standard InChI is InChI=1S/C25H19NO5/c27-21-15-23(31-22-14-8-7-13-20(21)22)25(29)30-17-24(28)26(19-11-5-2-6-12-19)16-18-9-3-1-4-10-18/h1-15H,16-17H2. The predicted molar refractivity (Wildman–Crippen MR) is 117 cm³/mol. The number of para-hydroxylation sites is 2. The number of ether oxygens (including phenoxy) is 1. The molecular weight excluding hydrogens is 394 g/mol. The van der Waals surface area contributed by atoms with Gasteiger partial charge in [-0.25, -0.2) is 4.79 Å². The third-order valence-corrected chi connectivity index (χ3v) is 4.71. The molecule has 6 nitrogen and oxygen atoms in total. The van der Waals surface area contributed by atoms with Gasteiger partial charge in [-0.3, -0.25) is 9.59 Å². The average Bonchev–Trinajstić information content (AvgIpc) is 2.82. The van der Waals surface area contributed by atoms with Gasteiger partial charge in [0.15, 0.2) is 12.0 Å². The number of fused-ring (bicyclic) bond motifs is 1. The number of anilines is 1. The summed E-state index contributed by atoms with van der Waals surface area (Å²) in [4.78, 5) is 39.1. The highest BCUT2D eigenvalue weighted by Crippen LogP contribution is 2.18. The Kier molecular flexibility index (Phi) is 5.89. The van der Waals surface area contributed by atoms with Crippen molar-refractivity contribution in [2.75, 3.05) is 11.5 Å². The maximum atomic E-state index is 12.9. The Morgan fingerprint density at radius 3 is 2.23 bits per heavy atom. The van der Waals surface area contributed by atoms with Crippen molar-refractivity contribution in [3.05, 3.63) is 113 Å². The second-order valence-electron chi connectivity index (χ2n) is 6.85. The van der Waals surface area contributed by atoms with Gasteiger partial charge in [0.1, 0.15) is 5.58 Å². The topological polar surface area (TPSA) is 76.8 Å². The number of carbonyl (C=O) groups is 2. The van der Waals surface area contributed by atoms with Crippen LogP contribution in [0.3, 0.4) is 0 Å². The summed E-state index contributed by atoms with van der Waals surface area (Å²) in [5.41, 5.74) is 1.55. The number of amides is 1. The molecule has 0 unspecified atom stereocenters. The molecular formula is C25H19NO5. The molecule has 0 aliphatic carbocycles. The van der Waals surface area contributed by atoms with Crippen LogP contribution < -0.4 is 10.3 Å². The molecule has 31 heavy (non-hydrogen) atoms. The molecule has 0 aliphatic rings. The van der Waals surface area contributed by atoms with Crippen LogP contribution in [0.15, 0.2) is 100 Å². The van der Waals surface area contributed by atoms with Gasteiger partial charge in [0, 0.05) is 11.8 Å². The highest BCUT2D eigenvalue weighted by atomic mass is 16.5. The van der Waals surface area contributed by atoms with Gasteiger partial charge in [-0.2, -0.15) is 0 Å². The van der Waals surface area contributed by atoms with E-state index in [1.165, 1.54) is 0 Å². The lowest BCUT2D eigenvalue weighted by atomic mass is 10.2. The minimum atomic E-state index is -0.871. The molecule has 4 rings (SSSR count). The van der Waals surface area contributed by atoms with Crippen LogP contribution in [0.4, 0.5) is 5.69 Å². The summed E-state index contributed by atoms with van der Waals surface area (Å²) in [5, 5.41) is 0.369. The van der Waals surface area contributed by atoms with Gasteiger partial charge in [-0.1, -0.05) is 60.7 Å². The van der Waals surface area contributed by atoms with Crippen LogP contribution in [0.25, 0.3) is 11.0 Å². The van der Waals surface area contributed by atoms with E-state index in [1.807, 2.05) is 60.7 Å². The Hall–Kier alpha value is -4.19. The predicted octanol–water partition coefficient (Wildman–Crippen LogP) is 4.18. The molecule has 1 amide bonds. The molecule has 0 saturated carbocycles. The van der Waals surface area contributed by atoms with Crippen LogP contribution in [0.5, 0.6) is 0 Å². The zero-order chi connectivity index (χ0) is 21.6. The summed E-state index contributed by atoms with van der Waals surface area (Å²) < 4.78 is 10.6. The molecule has 0 radical (unpaired) electrons. The summed E-state index contributed by atoms with van der Waals surface area (Å²) in [7, 11) is 0. The summed E-state index contributed by atoms with van der Waals surface area (Å²) in [5.74, 6) is -1.51. The molecule has 1 aromatic heterocycles. The Morgan fingerprint density at radius 1 is 0.839 bits per heavy atom. The fourth-order valence-electron chi connectivity index (χ4n) is 3.18. The number of hydrogen-bond acceptors (Lipinski definition) is 5. The van der Waals surface area contributed by atoms with Crippen molar-refractivity contribution in [2.24, 2.45) is 0 Å². The molecule has 0 bridgehead atoms. The van der Waals surface area contributed by atoms with E-state index in [9.17, 15) is 14.4 Å². The SMILES string of the molecule is O=C(OCC(=O)N(Cc1ccccc1)c1ccccc1)c1cc(=O)c2ccccc2o1. The third-order valence-electron chi connectivity index (χ3n) is 4.71. The minimum absolute atomic E-state index is 0.245. The molecule has 154 valence electrons. The van der Waals surface area contributed by atoms with Crippen molar-refractivity contribution in [3.63, 3.8) is 0 Å². The van der Waals surface area contributed by atoms with E-state index in [0.29, 0.717) is 17.6 Å². The van der Waals surface area contributed by atoms with E-state index in [4.69, 9.17) is 9.15 Å². The lowest BCUT2D eigenvalue weighted by molar-refractivity contribution is -0.121. The zero-order valence-electron chi connectivity index (χ0n) is 16.6. The van der Waals surface area contributed by atoms with E-state index in [2.05, 4.69) is 0 Å². The Balaban J connectivity index is 1.51. The number of hydrogen-bond donors (Lipinski definition) is 0. The molecule has 4 aromatic rings. The molecule has 0 N–H and O–H groups in total. The normalized spacial score (nSPS) is 10.6. The fourth-order valence-corrected chi connectivity index (χ4v) is 3.18. The molecule has 0 spiro atoms. The van der Waals surface area contributed by atoms with Crippen molar-refractivity contribution < 1.29 is 18.7 Å². The number of esters is 1. The van der Waals surface area contributed by atoms with Crippen molar-refractivity contribution in [2.45, 2.75) is 6.54 Å². The van der Waals surface area contributed by atoms with Gasteiger partial charge in [0.25, 0.3) is 5.91 Å². The van der Waals surface area contributed by atoms with E-state index in [0.717, 1.165) is 11.6 Å². The molecule has 6 heteroatoms. The molecule has 1 heterocycles. The third kappa shape index (κ3) is 4.70. The van der Waals surface area contributed by atoms with Crippen LogP contribution in [0, 0.1) is 0 Å². The fraction of sp³-hybridized carbons (Fsp3) is 0.0800. The average molecular weight is 413 g/mol. The van der Waals surface area contributed by atoms with Gasteiger partial charge in [-0.05, 0) is 29.8 Å². The molecule has 0 aliphatic heterocycles. The maximum Gasteiger partial charge on any atom is 0.374 e. The molecule has 0 saturated heterocycles. The van der Waals surface area contributed by atoms with Gasteiger partial charge in [0.05, 0.1) is 11.9 Å².